The molecule has 3 aromatic rings. The Bertz CT molecular complexity index is 995. The summed E-state index contributed by atoms with van der Waals surface area (Å²) in [4.78, 5) is 17.2. The lowest BCUT2D eigenvalue weighted by Gasteiger charge is -2.44. The summed E-state index contributed by atoms with van der Waals surface area (Å²) in [6.07, 6.45) is 7.56. The Hall–Kier alpha value is -2.38. The number of nitrogens with two attached hydrogens (primary N) is 1. The van der Waals surface area contributed by atoms with E-state index in [1.807, 2.05) is 19.2 Å². The number of aromatic amines is 1. The van der Waals surface area contributed by atoms with Gasteiger partial charge in [-0.25, -0.2) is 9.97 Å². The topological polar surface area (TPSA) is 94.3 Å². The van der Waals surface area contributed by atoms with Gasteiger partial charge in [0.25, 0.3) is 0 Å². The molecule has 7 nitrogen and oxygen atoms in total. The molecule has 3 aromatic heterocycles. The number of likely N-dealkylation sites (tertiary alicyclic amines) is 1. The fourth-order valence-electron chi connectivity index (χ4n) is 4.86. The maximum atomic E-state index is 10.2. The minimum absolute atomic E-state index is 0.490. The third-order valence-corrected chi connectivity index (χ3v) is 6.58. The van der Waals surface area contributed by atoms with E-state index in [1.54, 1.807) is 6.20 Å². The Morgan fingerprint density at radius 1 is 1.18 bits per heavy atom. The van der Waals surface area contributed by atoms with Crippen LogP contribution in [0.25, 0.3) is 21.9 Å². The molecule has 5 heterocycles. The molecule has 0 bridgehead atoms. The number of hydrogen-bond acceptors (Lipinski definition) is 6. The Balaban J connectivity index is 1.39. The number of H-pyrrole nitrogens is 1. The molecule has 148 valence electrons. The molecule has 4 N–H and O–H groups in total. The van der Waals surface area contributed by atoms with E-state index in [1.165, 1.54) is 0 Å². The number of nitrogen functional groups attached to an aromatic ring is 1. The summed E-state index contributed by atoms with van der Waals surface area (Å²) < 4.78 is 0. The van der Waals surface area contributed by atoms with Gasteiger partial charge in [-0.05, 0) is 44.7 Å². The number of anilines is 2. The van der Waals surface area contributed by atoms with Crippen molar-refractivity contribution in [3.63, 3.8) is 0 Å². The van der Waals surface area contributed by atoms with Gasteiger partial charge in [0, 0.05) is 49.2 Å². The quantitative estimate of drug-likeness (QED) is 0.632. The molecule has 0 unspecified atom stereocenters. The van der Waals surface area contributed by atoms with Gasteiger partial charge >= 0.3 is 0 Å². The second kappa shape index (κ2) is 6.60. The molecule has 0 aromatic carbocycles. The second-order valence-corrected chi connectivity index (χ2v) is 8.56. The van der Waals surface area contributed by atoms with Crippen LogP contribution in [0.2, 0.25) is 0 Å². The van der Waals surface area contributed by atoms with Crippen molar-refractivity contribution in [3.8, 4) is 0 Å². The summed E-state index contributed by atoms with van der Waals surface area (Å²) >= 11 is 0. The largest absolute Gasteiger partial charge is 0.390 e. The van der Waals surface area contributed by atoms with E-state index in [9.17, 15) is 5.11 Å². The van der Waals surface area contributed by atoms with E-state index in [0.29, 0.717) is 11.9 Å². The monoisotopic (exact) mass is 380 g/mol. The Morgan fingerprint density at radius 2 is 1.93 bits per heavy atom. The van der Waals surface area contributed by atoms with Gasteiger partial charge in [0.15, 0.2) is 0 Å². The Labute approximate surface area is 164 Å². The highest BCUT2D eigenvalue weighted by Crippen LogP contribution is 2.38. The molecule has 0 saturated carbocycles. The van der Waals surface area contributed by atoms with Crippen LogP contribution < -0.4 is 10.6 Å². The van der Waals surface area contributed by atoms with Crippen LogP contribution in [0.15, 0.2) is 24.5 Å². The zero-order chi connectivity index (χ0) is 19.3. The number of hydrogen-bond donors (Lipinski definition) is 3. The minimum atomic E-state index is -0.490. The fraction of sp³-hybridized carbons (Fsp3) is 0.524. The highest BCUT2D eigenvalue weighted by Gasteiger charge is 2.33. The maximum absolute atomic E-state index is 10.2. The summed E-state index contributed by atoms with van der Waals surface area (Å²) in [5.74, 6) is 0.588. The lowest BCUT2D eigenvalue weighted by Crippen LogP contribution is -2.50. The highest BCUT2D eigenvalue weighted by atomic mass is 16.3. The first-order valence-electron chi connectivity index (χ1n) is 10.2. The average Bonchev–Trinajstić information content (AvgIpc) is 3.07. The van der Waals surface area contributed by atoms with Crippen molar-refractivity contribution in [1.29, 1.82) is 0 Å². The lowest BCUT2D eigenvalue weighted by molar-refractivity contribution is -0.0192. The number of fused-ring (bicyclic) bond motifs is 3. The normalized spacial score (nSPS) is 21.6. The van der Waals surface area contributed by atoms with Crippen molar-refractivity contribution in [2.24, 2.45) is 0 Å². The number of nitrogens with one attached hydrogen (secondary N) is 1. The summed E-state index contributed by atoms with van der Waals surface area (Å²) in [5, 5.41) is 12.4. The number of aromatic nitrogens is 3. The van der Waals surface area contributed by atoms with Crippen molar-refractivity contribution in [3.05, 3.63) is 24.5 Å². The first-order chi connectivity index (χ1) is 13.5. The van der Waals surface area contributed by atoms with Gasteiger partial charge in [-0.2, -0.15) is 0 Å². The molecule has 0 spiro atoms. The van der Waals surface area contributed by atoms with Gasteiger partial charge in [-0.1, -0.05) is 0 Å². The first-order valence-corrected chi connectivity index (χ1v) is 10.2. The van der Waals surface area contributed by atoms with Gasteiger partial charge in [0.2, 0.25) is 0 Å². The highest BCUT2D eigenvalue weighted by molar-refractivity contribution is 6.14. The molecule has 0 atom stereocenters. The molecule has 0 amide bonds. The number of aliphatic hydroxyl groups is 1. The van der Waals surface area contributed by atoms with Gasteiger partial charge in [-0.3, -0.25) is 0 Å². The molecule has 5 rings (SSSR count). The number of rotatable bonds is 2. The fourth-order valence-corrected chi connectivity index (χ4v) is 4.86. The van der Waals surface area contributed by atoms with Crippen molar-refractivity contribution in [2.75, 3.05) is 36.8 Å². The van der Waals surface area contributed by atoms with Gasteiger partial charge in [0.1, 0.15) is 11.5 Å². The zero-order valence-electron chi connectivity index (χ0n) is 16.4. The van der Waals surface area contributed by atoms with E-state index in [0.717, 1.165) is 79.5 Å². The van der Waals surface area contributed by atoms with Crippen molar-refractivity contribution in [1.82, 2.24) is 19.9 Å². The second-order valence-electron chi connectivity index (χ2n) is 8.56. The van der Waals surface area contributed by atoms with Gasteiger partial charge < -0.3 is 25.6 Å². The molecule has 7 heteroatoms. The predicted molar refractivity (Wildman–Crippen MR) is 112 cm³/mol. The molecule has 0 aliphatic carbocycles. The van der Waals surface area contributed by atoms with Crippen LogP contribution in [0.5, 0.6) is 0 Å². The van der Waals surface area contributed by atoms with Crippen LogP contribution in [0.3, 0.4) is 0 Å². The molecule has 0 radical (unpaired) electrons. The van der Waals surface area contributed by atoms with Gasteiger partial charge in [0.05, 0.1) is 23.0 Å². The standard InChI is InChI=1S/C21H28N6O/c1-21(28)6-11-26(12-7-21)14-4-9-27(10-5-14)18-17-15-3-2-8-23-20(15)25-16(17)13-24-19(18)22/h2-3,8,13-14,28H,4-7,9-12H2,1H3,(H2,22,24)(H,23,25). The smallest absolute Gasteiger partial charge is 0.147 e. The lowest BCUT2D eigenvalue weighted by atomic mass is 9.91. The van der Waals surface area contributed by atoms with Crippen LogP contribution in [0, 0.1) is 0 Å². The number of nitrogens with zero attached hydrogens (tertiary/aromatic N) is 4. The van der Waals surface area contributed by atoms with E-state index in [2.05, 4.69) is 30.8 Å². The van der Waals surface area contributed by atoms with Crippen LogP contribution in [0.1, 0.15) is 32.6 Å². The van der Waals surface area contributed by atoms with E-state index >= 15 is 0 Å². The molecule has 28 heavy (non-hydrogen) atoms. The van der Waals surface area contributed by atoms with Crippen LogP contribution in [-0.2, 0) is 0 Å². The Kier molecular flexibility index (Phi) is 4.17. The predicted octanol–water partition coefficient (Wildman–Crippen LogP) is 2.51. The molecule has 2 fully saturated rings. The summed E-state index contributed by atoms with van der Waals surface area (Å²) in [6, 6.07) is 4.65. The van der Waals surface area contributed by atoms with Crippen LogP contribution >= 0.6 is 0 Å². The molecule has 2 aliphatic heterocycles. The maximum Gasteiger partial charge on any atom is 0.147 e. The van der Waals surface area contributed by atoms with Crippen molar-refractivity contribution < 1.29 is 5.11 Å². The van der Waals surface area contributed by atoms with Crippen LogP contribution in [0.4, 0.5) is 11.5 Å². The Morgan fingerprint density at radius 3 is 2.68 bits per heavy atom. The van der Waals surface area contributed by atoms with Gasteiger partial charge in [-0.15, -0.1) is 0 Å². The SMILES string of the molecule is CC1(O)CCN(C2CCN(c3c(N)ncc4[nH]c5ncccc5c34)CC2)CC1. The third kappa shape index (κ3) is 2.99. The average molecular weight is 380 g/mol. The minimum Gasteiger partial charge on any atom is -0.390 e. The molecule has 2 saturated heterocycles. The van der Waals surface area contributed by atoms with Crippen molar-refractivity contribution in [2.45, 2.75) is 44.2 Å². The van der Waals surface area contributed by atoms with Crippen LogP contribution in [-0.4, -0.2) is 62.8 Å². The number of pyridine rings is 2. The molecule has 2 aliphatic rings. The first kappa shape index (κ1) is 17.7. The van der Waals surface area contributed by atoms with E-state index in [4.69, 9.17) is 5.73 Å². The molecular weight excluding hydrogens is 352 g/mol. The van der Waals surface area contributed by atoms with E-state index in [-0.39, 0.29) is 0 Å². The van der Waals surface area contributed by atoms with E-state index < -0.39 is 5.60 Å². The zero-order valence-corrected chi connectivity index (χ0v) is 16.4. The summed E-state index contributed by atoms with van der Waals surface area (Å²) in [7, 11) is 0. The van der Waals surface area contributed by atoms with Crippen molar-refractivity contribution >= 4 is 33.4 Å². The number of piperidine rings is 2. The third-order valence-electron chi connectivity index (χ3n) is 6.58. The summed E-state index contributed by atoms with van der Waals surface area (Å²) in [5.41, 5.74) is 8.76. The summed E-state index contributed by atoms with van der Waals surface area (Å²) in [6.45, 7) is 5.88. The molecular formula is C21H28N6O.